The molecule has 0 spiro atoms. The van der Waals surface area contributed by atoms with Crippen molar-refractivity contribution in [3.63, 3.8) is 0 Å². The average molecular weight is 848 g/mol. The lowest BCUT2D eigenvalue weighted by atomic mass is 9.47. The number of aromatic nitrogens is 4. The van der Waals surface area contributed by atoms with Crippen molar-refractivity contribution in [2.24, 2.45) is 16.2 Å². The molecular weight excluding hydrogens is 787 g/mol. The van der Waals surface area contributed by atoms with Gasteiger partial charge in [-0.2, -0.15) is 5.10 Å². The van der Waals surface area contributed by atoms with E-state index in [2.05, 4.69) is 59.0 Å². The number of aromatic carboxylic acids is 1. The number of thiazole rings is 1. The number of aliphatic hydroxyl groups is 1. The van der Waals surface area contributed by atoms with Gasteiger partial charge in [0, 0.05) is 55.2 Å². The Labute approximate surface area is 363 Å². The number of unbranched alkanes of at least 4 members (excludes halogenated alkanes) is 1. The lowest BCUT2D eigenvalue weighted by Gasteiger charge is -2.62. The van der Waals surface area contributed by atoms with E-state index >= 15 is 0 Å². The number of carbonyl (C=O) groups excluding carboxylic acids is 1. The zero-order valence-corrected chi connectivity index (χ0v) is 37.2. The number of ether oxygens (including phenoxy) is 1. The van der Waals surface area contributed by atoms with E-state index in [1.165, 1.54) is 17.8 Å². The molecule has 0 saturated heterocycles. The molecule has 12 nitrogen and oxygen atoms in total. The molecule has 61 heavy (non-hydrogen) atoms. The number of para-hydroxylation sites is 1. The van der Waals surface area contributed by atoms with Crippen LogP contribution in [0.2, 0.25) is 0 Å². The van der Waals surface area contributed by atoms with E-state index in [0.29, 0.717) is 54.7 Å². The van der Waals surface area contributed by atoms with E-state index in [-0.39, 0.29) is 40.1 Å². The van der Waals surface area contributed by atoms with Crippen LogP contribution in [0.5, 0.6) is 0 Å². The molecule has 2 fully saturated rings. The second-order valence-corrected chi connectivity index (χ2v) is 20.1. The molecular formula is C48H61N7O5S. The maximum Gasteiger partial charge on any atom is 0.355 e. The van der Waals surface area contributed by atoms with Gasteiger partial charge in [0.2, 0.25) is 0 Å². The van der Waals surface area contributed by atoms with Crippen LogP contribution in [0.4, 0.5) is 10.9 Å². The normalized spacial score (nSPS) is 24.8. The van der Waals surface area contributed by atoms with Gasteiger partial charge in [0.05, 0.1) is 28.6 Å². The SMILES string of the molecule is CCC1(C)CC2(C)CC(C)(Cn3ncc(-c4ccc(N5CCc6cccc(C(=O)Nc7nc8ccccc8s7)c6C5)nc4C(=O)O)c3C)CC(OCCNCCCCO)(C1)C2. The van der Waals surface area contributed by atoms with Gasteiger partial charge in [0.25, 0.3) is 5.91 Å². The zero-order valence-electron chi connectivity index (χ0n) is 36.4. The Kier molecular flexibility index (Phi) is 12.1. The molecule has 1 amide bonds. The number of carboxylic acids is 1. The van der Waals surface area contributed by atoms with Crippen LogP contribution in [-0.2, 0) is 24.2 Å². The number of fused-ring (bicyclic) bond motifs is 4. The molecule has 1 aliphatic heterocycles. The zero-order chi connectivity index (χ0) is 43.0. The molecule has 13 heteroatoms. The molecule has 2 bridgehead atoms. The summed E-state index contributed by atoms with van der Waals surface area (Å²) in [5.74, 6) is -0.768. The Bertz CT molecular complexity index is 2380. The third-order valence-corrected chi connectivity index (χ3v) is 14.6. The summed E-state index contributed by atoms with van der Waals surface area (Å²) < 4.78 is 10.1. The number of benzene rings is 2. The van der Waals surface area contributed by atoms with Crippen LogP contribution in [0.15, 0.2) is 60.8 Å². The lowest BCUT2D eigenvalue weighted by molar-refractivity contribution is -0.196. The van der Waals surface area contributed by atoms with Crippen LogP contribution < -0.4 is 15.5 Å². The van der Waals surface area contributed by atoms with Gasteiger partial charge in [0.1, 0.15) is 5.82 Å². The summed E-state index contributed by atoms with van der Waals surface area (Å²) in [6.07, 6.45) is 10.6. The molecule has 2 aromatic carbocycles. The molecule has 3 aromatic heterocycles. The molecule has 0 radical (unpaired) electrons. The van der Waals surface area contributed by atoms with Gasteiger partial charge in [-0.15, -0.1) is 0 Å². The maximum absolute atomic E-state index is 13.7. The Hall–Kier alpha value is -4.69. The van der Waals surface area contributed by atoms with Crippen molar-refractivity contribution in [2.75, 3.05) is 43.1 Å². The fourth-order valence-corrected chi connectivity index (χ4v) is 12.4. The third kappa shape index (κ3) is 9.12. The number of rotatable bonds is 16. The van der Waals surface area contributed by atoms with Gasteiger partial charge in [0.15, 0.2) is 10.8 Å². The summed E-state index contributed by atoms with van der Waals surface area (Å²) in [5, 5.41) is 31.7. The van der Waals surface area contributed by atoms with Gasteiger partial charge >= 0.3 is 5.97 Å². The number of nitrogens with zero attached hydrogens (tertiary/aromatic N) is 5. The van der Waals surface area contributed by atoms with Gasteiger partial charge in [-0.05, 0) is 123 Å². The van der Waals surface area contributed by atoms with Crippen LogP contribution in [0.1, 0.15) is 117 Å². The summed E-state index contributed by atoms with van der Waals surface area (Å²) in [7, 11) is 0. The minimum absolute atomic E-state index is 0.0186. The van der Waals surface area contributed by atoms with Crippen molar-refractivity contribution in [1.82, 2.24) is 25.1 Å². The maximum atomic E-state index is 13.7. The van der Waals surface area contributed by atoms with Crippen LogP contribution in [0, 0.1) is 23.2 Å². The second kappa shape index (κ2) is 17.2. The van der Waals surface area contributed by atoms with Crippen molar-refractivity contribution in [2.45, 2.75) is 111 Å². The number of carboxylic acid groups (broad SMARTS) is 1. The molecule has 4 heterocycles. The van der Waals surface area contributed by atoms with Crippen LogP contribution in [0.25, 0.3) is 21.3 Å². The predicted octanol–water partition coefficient (Wildman–Crippen LogP) is 8.90. The van der Waals surface area contributed by atoms with E-state index in [0.717, 1.165) is 90.6 Å². The fourth-order valence-electron chi connectivity index (χ4n) is 11.6. The molecule has 2 saturated carbocycles. The van der Waals surface area contributed by atoms with Gasteiger partial charge in [-0.3, -0.25) is 14.8 Å². The fraction of sp³-hybridized carbons (Fsp3) is 0.521. The highest BCUT2D eigenvalue weighted by atomic mass is 32.1. The smallest absolute Gasteiger partial charge is 0.355 e. The first-order valence-electron chi connectivity index (χ1n) is 22.0. The highest BCUT2D eigenvalue weighted by Gasteiger charge is 2.58. The first-order valence-corrected chi connectivity index (χ1v) is 22.8. The Morgan fingerprint density at radius 3 is 2.51 bits per heavy atom. The summed E-state index contributed by atoms with van der Waals surface area (Å²) in [6, 6.07) is 17.4. The van der Waals surface area contributed by atoms with Gasteiger partial charge < -0.3 is 25.2 Å². The quantitative estimate of drug-likeness (QED) is 0.0708. The van der Waals surface area contributed by atoms with Crippen LogP contribution >= 0.6 is 11.3 Å². The standard InChI is InChI=1S/C48H61N7O5S/c1-6-45(3)26-46(4)27-47(5,30-48(28-45,29-46)60-23-20-49-19-9-10-22-56)31-55-32(2)36(24-50-55)34-16-17-40(52-41(34)43(58)59)54-21-18-33-12-11-13-35(37(33)25-54)42(57)53-44-51-38-14-7-8-15-39(38)61-44/h7-8,11-17,24,49,56H,6,9-10,18-23,25-31H2,1-5H3,(H,58,59)(H,51,53,57). The number of nitrogens with one attached hydrogen (secondary N) is 2. The van der Waals surface area contributed by atoms with Crippen LogP contribution in [-0.4, -0.2) is 80.3 Å². The Balaban J connectivity index is 0.998. The summed E-state index contributed by atoms with van der Waals surface area (Å²) in [5.41, 5.74) is 5.63. The largest absolute Gasteiger partial charge is 0.476 e. The first kappa shape index (κ1) is 43.0. The Morgan fingerprint density at radius 2 is 1.72 bits per heavy atom. The summed E-state index contributed by atoms with van der Waals surface area (Å²) in [6.45, 7) is 15.9. The Morgan fingerprint density at radius 1 is 0.918 bits per heavy atom. The number of carbonyl (C=O) groups is 2. The number of hydrogen-bond acceptors (Lipinski definition) is 10. The predicted molar refractivity (Wildman–Crippen MR) is 241 cm³/mol. The number of amides is 1. The molecule has 5 aromatic rings. The van der Waals surface area contributed by atoms with Crippen molar-refractivity contribution in [3.8, 4) is 11.1 Å². The van der Waals surface area contributed by atoms with Gasteiger partial charge in [-0.25, -0.2) is 14.8 Å². The molecule has 8 rings (SSSR count). The topological polar surface area (TPSA) is 155 Å². The number of hydrogen-bond donors (Lipinski definition) is 4. The van der Waals surface area contributed by atoms with Crippen LogP contribution in [0.3, 0.4) is 0 Å². The molecule has 2 aliphatic carbocycles. The van der Waals surface area contributed by atoms with E-state index in [1.54, 1.807) is 6.20 Å². The highest BCUT2D eigenvalue weighted by molar-refractivity contribution is 7.22. The van der Waals surface area contributed by atoms with Crippen molar-refractivity contribution < 1.29 is 24.5 Å². The van der Waals surface area contributed by atoms with E-state index < -0.39 is 5.97 Å². The van der Waals surface area contributed by atoms with Gasteiger partial charge in [-0.1, -0.05) is 69.7 Å². The highest BCUT2D eigenvalue weighted by Crippen LogP contribution is 2.64. The number of pyridine rings is 1. The first-order chi connectivity index (χ1) is 29.2. The van der Waals surface area contributed by atoms with E-state index in [4.69, 9.17) is 19.9 Å². The molecule has 4 unspecified atom stereocenters. The molecule has 4 N–H and O–H groups in total. The molecule has 3 aliphatic rings. The summed E-state index contributed by atoms with van der Waals surface area (Å²) in [4.78, 5) is 38.0. The number of anilines is 2. The molecule has 4 atom stereocenters. The number of aliphatic hydroxyl groups excluding tert-OH is 1. The summed E-state index contributed by atoms with van der Waals surface area (Å²) >= 11 is 1.44. The minimum Gasteiger partial charge on any atom is -0.476 e. The monoisotopic (exact) mass is 847 g/mol. The van der Waals surface area contributed by atoms with Crippen molar-refractivity contribution >= 4 is 44.4 Å². The second-order valence-electron chi connectivity index (χ2n) is 19.1. The third-order valence-electron chi connectivity index (χ3n) is 13.6. The van der Waals surface area contributed by atoms with E-state index in [1.807, 2.05) is 55.5 Å². The molecule has 324 valence electrons. The lowest BCUT2D eigenvalue weighted by Crippen LogP contribution is -2.58. The average Bonchev–Trinajstić information content (AvgIpc) is 3.80. The van der Waals surface area contributed by atoms with Crippen molar-refractivity contribution in [3.05, 3.63) is 88.9 Å². The minimum atomic E-state index is -1.10. The van der Waals surface area contributed by atoms with Crippen molar-refractivity contribution in [1.29, 1.82) is 0 Å². The van der Waals surface area contributed by atoms with E-state index in [9.17, 15) is 14.7 Å².